The standard InChI is InChI=1S/C23H31N5O/c1-18-7-8-20(17-19(18)2)23(29)28-15-13-27(14-16-28)22-10-9-21(24-25-22)26-11-5-3-4-6-12-26/h7-10,17H,3-6,11-16H2,1-2H3. The quantitative estimate of drug-likeness (QED) is 0.800. The van der Waals surface area contributed by atoms with Gasteiger partial charge in [-0.25, -0.2) is 0 Å². The number of anilines is 2. The second-order valence-electron chi connectivity index (χ2n) is 8.23. The summed E-state index contributed by atoms with van der Waals surface area (Å²) in [5.74, 6) is 2.01. The summed E-state index contributed by atoms with van der Waals surface area (Å²) in [6, 6.07) is 10.1. The molecule has 0 radical (unpaired) electrons. The number of aromatic nitrogens is 2. The fraction of sp³-hybridized carbons (Fsp3) is 0.522. The summed E-state index contributed by atoms with van der Waals surface area (Å²) in [7, 11) is 0. The summed E-state index contributed by atoms with van der Waals surface area (Å²) in [5, 5.41) is 8.98. The number of benzene rings is 1. The highest BCUT2D eigenvalue weighted by Crippen LogP contribution is 2.20. The Morgan fingerprint density at radius 3 is 1.86 bits per heavy atom. The predicted octanol–water partition coefficient (Wildman–Crippen LogP) is 3.44. The van der Waals surface area contributed by atoms with E-state index < -0.39 is 0 Å². The average molecular weight is 394 g/mol. The molecule has 6 heteroatoms. The van der Waals surface area contributed by atoms with Crippen molar-refractivity contribution in [1.29, 1.82) is 0 Å². The number of carbonyl (C=O) groups is 1. The van der Waals surface area contributed by atoms with Crippen LogP contribution >= 0.6 is 0 Å². The minimum atomic E-state index is 0.121. The summed E-state index contributed by atoms with van der Waals surface area (Å²) in [6.07, 6.45) is 5.10. The first-order valence-corrected chi connectivity index (χ1v) is 10.8. The molecule has 29 heavy (non-hydrogen) atoms. The van der Waals surface area contributed by atoms with Gasteiger partial charge in [0.05, 0.1) is 0 Å². The minimum absolute atomic E-state index is 0.121. The Morgan fingerprint density at radius 1 is 0.724 bits per heavy atom. The second-order valence-corrected chi connectivity index (χ2v) is 8.23. The maximum Gasteiger partial charge on any atom is 0.253 e. The van der Waals surface area contributed by atoms with Crippen LogP contribution in [0.3, 0.4) is 0 Å². The van der Waals surface area contributed by atoms with Crippen LogP contribution in [0.25, 0.3) is 0 Å². The lowest BCUT2D eigenvalue weighted by Crippen LogP contribution is -2.49. The van der Waals surface area contributed by atoms with Crippen LogP contribution < -0.4 is 9.80 Å². The van der Waals surface area contributed by atoms with Gasteiger partial charge in [-0.15, -0.1) is 10.2 Å². The van der Waals surface area contributed by atoms with Crippen molar-refractivity contribution in [2.45, 2.75) is 39.5 Å². The van der Waals surface area contributed by atoms with Gasteiger partial charge in [-0.05, 0) is 62.1 Å². The Kier molecular flexibility index (Phi) is 5.97. The van der Waals surface area contributed by atoms with Crippen molar-refractivity contribution in [3.63, 3.8) is 0 Å². The van der Waals surface area contributed by atoms with Gasteiger partial charge in [-0.3, -0.25) is 4.79 Å². The van der Waals surface area contributed by atoms with Gasteiger partial charge in [0.15, 0.2) is 11.6 Å². The van der Waals surface area contributed by atoms with Crippen molar-refractivity contribution < 1.29 is 4.79 Å². The third-order valence-corrected chi connectivity index (χ3v) is 6.21. The summed E-state index contributed by atoms with van der Waals surface area (Å²) in [4.78, 5) is 19.3. The van der Waals surface area contributed by atoms with Crippen LogP contribution in [0, 0.1) is 13.8 Å². The van der Waals surface area contributed by atoms with Crippen molar-refractivity contribution in [3.8, 4) is 0 Å². The topological polar surface area (TPSA) is 52.6 Å². The first-order valence-electron chi connectivity index (χ1n) is 10.8. The normalized spacial score (nSPS) is 17.9. The lowest BCUT2D eigenvalue weighted by molar-refractivity contribution is 0.0746. The van der Waals surface area contributed by atoms with E-state index in [1.165, 1.54) is 31.2 Å². The fourth-order valence-corrected chi connectivity index (χ4v) is 4.15. The third-order valence-electron chi connectivity index (χ3n) is 6.21. The van der Waals surface area contributed by atoms with E-state index in [9.17, 15) is 4.79 Å². The predicted molar refractivity (Wildman–Crippen MR) is 117 cm³/mol. The number of nitrogens with zero attached hydrogens (tertiary/aromatic N) is 5. The van der Waals surface area contributed by atoms with Gasteiger partial charge in [-0.2, -0.15) is 0 Å². The van der Waals surface area contributed by atoms with Crippen LogP contribution in [-0.2, 0) is 0 Å². The van der Waals surface area contributed by atoms with Crippen LogP contribution in [-0.4, -0.2) is 60.3 Å². The van der Waals surface area contributed by atoms with E-state index in [1.54, 1.807) is 0 Å². The van der Waals surface area contributed by atoms with Gasteiger partial charge in [-0.1, -0.05) is 18.9 Å². The van der Waals surface area contributed by atoms with E-state index >= 15 is 0 Å². The molecular formula is C23H31N5O. The molecule has 0 saturated carbocycles. The number of aryl methyl sites for hydroxylation is 2. The van der Waals surface area contributed by atoms with Gasteiger partial charge in [0.2, 0.25) is 0 Å². The summed E-state index contributed by atoms with van der Waals surface area (Å²) >= 11 is 0. The zero-order valence-corrected chi connectivity index (χ0v) is 17.6. The molecule has 2 saturated heterocycles. The Balaban J connectivity index is 1.35. The molecule has 0 unspecified atom stereocenters. The fourth-order valence-electron chi connectivity index (χ4n) is 4.15. The van der Waals surface area contributed by atoms with Crippen molar-refractivity contribution in [2.24, 2.45) is 0 Å². The van der Waals surface area contributed by atoms with Gasteiger partial charge in [0, 0.05) is 44.8 Å². The van der Waals surface area contributed by atoms with Crippen LogP contribution in [0.15, 0.2) is 30.3 Å². The zero-order chi connectivity index (χ0) is 20.2. The lowest BCUT2D eigenvalue weighted by atomic mass is 10.1. The van der Waals surface area contributed by atoms with Crippen molar-refractivity contribution in [1.82, 2.24) is 15.1 Å². The van der Waals surface area contributed by atoms with Crippen LogP contribution in [0.4, 0.5) is 11.6 Å². The molecule has 2 fully saturated rings. The lowest BCUT2D eigenvalue weighted by Gasteiger charge is -2.35. The van der Waals surface area contributed by atoms with Gasteiger partial charge in [0.25, 0.3) is 5.91 Å². The Bertz CT molecular complexity index is 835. The highest BCUT2D eigenvalue weighted by Gasteiger charge is 2.23. The molecule has 0 aliphatic carbocycles. The zero-order valence-electron chi connectivity index (χ0n) is 17.6. The second kappa shape index (κ2) is 8.80. The SMILES string of the molecule is Cc1ccc(C(=O)N2CCN(c3ccc(N4CCCCCC4)nn3)CC2)cc1C. The molecule has 6 nitrogen and oxygen atoms in total. The molecule has 2 aliphatic rings. The van der Waals surface area contributed by atoms with E-state index in [4.69, 9.17) is 0 Å². The molecule has 2 aromatic rings. The highest BCUT2D eigenvalue weighted by atomic mass is 16.2. The number of hydrogen-bond donors (Lipinski definition) is 0. The Labute approximate surface area is 173 Å². The molecular weight excluding hydrogens is 362 g/mol. The molecule has 1 amide bonds. The smallest absolute Gasteiger partial charge is 0.253 e. The number of amides is 1. The summed E-state index contributed by atoms with van der Waals surface area (Å²) in [5.41, 5.74) is 3.16. The van der Waals surface area contributed by atoms with E-state index in [2.05, 4.69) is 46.0 Å². The van der Waals surface area contributed by atoms with E-state index in [0.29, 0.717) is 13.1 Å². The molecule has 1 aromatic carbocycles. The largest absolute Gasteiger partial charge is 0.355 e. The van der Waals surface area contributed by atoms with Gasteiger partial charge in [0.1, 0.15) is 0 Å². The number of carbonyl (C=O) groups excluding carboxylic acids is 1. The maximum atomic E-state index is 12.8. The molecule has 0 spiro atoms. The molecule has 154 valence electrons. The molecule has 0 atom stereocenters. The Hall–Kier alpha value is -2.63. The van der Waals surface area contributed by atoms with Gasteiger partial charge < -0.3 is 14.7 Å². The van der Waals surface area contributed by atoms with E-state index in [-0.39, 0.29) is 5.91 Å². The third kappa shape index (κ3) is 4.52. The molecule has 1 aromatic heterocycles. The van der Waals surface area contributed by atoms with Crippen molar-refractivity contribution in [2.75, 3.05) is 49.1 Å². The molecule has 3 heterocycles. The summed E-state index contributed by atoms with van der Waals surface area (Å²) < 4.78 is 0. The van der Waals surface area contributed by atoms with Crippen LogP contribution in [0.1, 0.15) is 47.2 Å². The molecule has 2 aliphatic heterocycles. The maximum absolute atomic E-state index is 12.8. The van der Waals surface area contributed by atoms with Crippen LogP contribution in [0.5, 0.6) is 0 Å². The number of rotatable bonds is 3. The number of hydrogen-bond acceptors (Lipinski definition) is 5. The van der Waals surface area contributed by atoms with Crippen molar-refractivity contribution >= 4 is 17.5 Å². The van der Waals surface area contributed by atoms with E-state index in [1.807, 2.05) is 23.1 Å². The summed E-state index contributed by atoms with van der Waals surface area (Å²) in [6.45, 7) is 9.27. The first kappa shape index (κ1) is 19.7. The van der Waals surface area contributed by atoms with Crippen LogP contribution in [0.2, 0.25) is 0 Å². The first-order chi connectivity index (χ1) is 14.1. The monoisotopic (exact) mass is 393 g/mol. The van der Waals surface area contributed by atoms with Crippen molar-refractivity contribution in [3.05, 3.63) is 47.0 Å². The molecule has 4 rings (SSSR count). The number of piperazine rings is 1. The highest BCUT2D eigenvalue weighted by molar-refractivity contribution is 5.94. The molecule has 0 N–H and O–H groups in total. The minimum Gasteiger partial charge on any atom is -0.355 e. The van der Waals surface area contributed by atoms with E-state index in [0.717, 1.165) is 48.9 Å². The van der Waals surface area contributed by atoms with Gasteiger partial charge >= 0.3 is 0 Å². The Morgan fingerprint density at radius 2 is 1.31 bits per heavy atom. The molecule has 0 bridgehead atoms. The average Bonchev–Trinajstić information content (AvgIpc) is 3.05.